The largest absolute Gasteiger partial charge is 0.759 e. The van der Waals surface area contributed by atoms with Crippen molar-refractivity contribution in [2.45, 2.75) is 6.92 Å². The molecule has 0 heterocycles. The van der Waals surface area contributed by atoms with E-state index in [4.69, 9.17) is 22.6 Å². The first-order chi connectivity index (χ1) is 3.41. The Kier molecular flexibility index (Phi) is 6.68. The van der Waals surface area contributed by atoms with Crippen molar-refractivity contribution in [1.82, 2.24) is 0 Å². The molecule has 0 spiro atoms. The molecule has 0 aliphatic carbocycles. The van der Waals surface area contributed by atoms with Crippen LogP contribution in [0.2, 0.25) is 0 Å². The van der Waals surface area contributed by atoms with Crippen molar-refractivity contribution in [3.8, 4) is 0 Å². The molecular formula is C2H6O5S-2. The summed E-state index contributed by atoms with van der Waals surface area (Å²) >= 11 is 0. The highest BCUT2D eigenvalue weighted by atomic mass is 32.3. The van der Waals surface area contributed by atoms with Crippen LogP contribution in [0.15, 0.2) is 0 Å². The fourth-order valence-corrected chi connectivity index (χ4v) is 0. The van der Waals surface area contributed by atoms with Gasteiger partial charge in [0.2, 0.25) is 0 Å². The quantitative estimate of drug-likeness (QED) is 0.333. The first-order valence-corrected chi connectivity index (χ1v) is 3.02. The van der Waals surface area contributed by atoms with E-state index in [-0.39, 0.29) is 6.61 Å². The Hall–Kier alpha value is -0.170. The van der Waals surface area contributed by atoms with E-state index in [0.717, 1.165) is 0 Å². The van der Waals surface area contributed by atoms with E-state index in [0.29, 0.717) is 0 Å². The number of aliphatic hydroxyl groups excluding tert-OH is 1. The Morgan fingerprint density at radius 3 is 1.50 bits per heavy atom. The van der Waals surface area contributed by atoms with Gasteiger partial charge in [-0.25, -0.2) is 0 Å². The van der Waals surface area contributed by atoms with Crippen molar-refractivity contribution in [2.75, 3.05) is 6.61 Å². The third kappa shape index (κ3) is 4710. The standard InChI is InChI=1S/C2H6O.H2O4S/c1-2-3;1-5(2,3)4/h3H,2H2,1H3;(H2,1,2,3,4)/p-2. The predicted molar refractivity (Wildman–Crippen MR) is 23.2 cm³/mol. The molecule has 0 aromatic carbocycles. The summed E-state index contributed by atoms with van der Waals surface area (Å²) in [4.78, 5) is 0. The molecule has 0 saturated carbocycles. The molecular weight excluding hydrogens is 136 g/mol. The molecule has 5 nitrogen and oxygen atoms in total. The highest BCUT2D eigenvalue weighted by Crippen LogP contribution is 1.57. The molecule has 1 N–H and O–H groups in total. The molecule has 0 radical (unpaired) electrons. The van der Waals surface area contributed by atoms with Gasteiger partial charge in [-0.1, -0.05) is 0 Å². The Balaban J connectivity index is 0. The Labute approximate surface area is 47.5 Å². The summed E-state index contributed by atoms with van der Waals surface area (Å²) in [5, 5.41) is 7.57. The fraction of sp³-hybridized carbons (Fsp3) is 1.00. The lowest BCUT2D eigenvalue weighted by Crippen LogP contribution is -1.91. The van der Waals surface area contributed by atoms with Gasteiger partial charge >= 0.3 is 0 Å². The van der Waals surface area contributed by atoms with Gasteiger partial charge < -0.3 is 14.2 Å². The van der Waals surface area contributed by atoms with E-state index in [1.165, 1.54) is 0 Å². The van der Waals surface area contributed by atoms with Crippen molar-refractivity contribution in [3.05, 3.63) is 0 Å². The normalized spacial score (nSPS) is 9.50. The van der Waals surface area contributed by atoms with Crippen LogP contribution in [0.1, 0.15) is 6.92 Å². The number of hydrogen-bond donors (Lipinski definition) is 1. The molecule has 0 aromatic rings. The summed E-state index contributed by atoms with van der Waals surface area (Å²) in [6, 6.07) is 0. The summed E-state index contributed by atoms with van der Waals surface area (Å²) in [5.74, 6) is 0. The molecule has 0 amide bonds. The average molecular weight is 142 g/mol. The second kappa shape index (κ2) is 4.98. The highest BCUT2D eigenvalue weighted by Gasteiger charge is 1.49. The summed E-state index contributed by atoms with van der Waals surface area (Å²) in [5.41, 5.74) is 0. The Bertz CT molecular complexity index is 104. The molecule has 0 aromatic heterocycles. The molecule has 0 fully saturated rings. The average Bonchev–Trinajstić information content (AvgIpc) is 1.27. The third-order valence-electron chi connectivity index (χ3n) is 0. The first-order valence-electron chi connectivity index (χ1n) is 1.69. The van der Waals surface area contributed by atoms with Crippen LogP contribution in [-0.2, 0) is 10.4 Å². The second-order valence-corrected chi connectivity index (χ2v) is 1.54. The minimum atomic E-state index is -5.17. The van der Waals surface area contributed by atoms with E-state index in [2.05, 4.69) is 0 Å². The van der Waals surface area contributed by atoms with E-state index < -0.39 is 10.4 Å². The predicted octanol–water partition coefficient (Wildman–Crippen LogP) is -1.34. The summed E-state index contributed by atoms with van der Waals surface area (Å²) in [6.07, 6.45) is 0. The highest BCUT2D eigenvalue weighted by molar-refractivity contribution is 7.79. The molecule has 8 heavy (non-hydrogen) atoms. The number of hydrogen-bond acceptors (Lipinski definition) is 5. The van der Waals surface area contributed by atoms with Crippen molar-refractivity contribution in [2.24, 2.45) is 0 Å². The van der Waals surface area contributed by atoms with Gasteiger partial charge in [-0.3, -0.25) is 8.42 Å². The molecule has 0 saturated heterocycles. The summed E-state index contributed by atoms with van der Waals surface area (Å²) in [7, 11) is -5.17. The SMILES string of the molecule is CCO.O=S(=O)([O-])[O-]. The van der Waals surface area contributed by atoms with Crippen molar-refractivity contribution in [1.29, 1.82) is 0 Å². The second-order valence-electron chi connectivity index (χ2n) is 0.724. The van der Waals surface area contributed by atoms with E-state index in [9.17, 15) is 0 Å². The van der Waals surface area contributed by atoms with E-state index in [1.807, 2.05) is 0 Å². The van der Waals surface area contributed by atoms with Gasteiger partial charge in [0, 0.05) is 17.0 Å². The zero-order valence-electron chi connectivity index (χ0n) is 4.20. The van der Waals surface area contributed by atoms with Crippen LogP contribution in [0.25, 0.3) is 0 Å². The molecule has 0 unspecified atom stereocenters. The maximum atomic E-state index is 8.52. The summed E-state index contributed by atoms with van der Waals surface area (Å²) < 4.78 is 34.1. The zero-order valence-corrected chi connectivity index (χ0v) is 5.01. The zero-order chi connectivity index (χ0) is 7.21. The molecule has 0 aliphatic heterocycles. The monoisotopic (exact) mass is 142 g/mol. The lowest BCUT2D eigenvalue weighted by Gasteiger charge is -2.06. The smallest absolute Gasteiger partial charge is 0.0402 e. The molecule has 0 atom stereocenters. The molecule has 0 bridgehead atoms. The lowest BCUT2D eigenvalue weighted by atomic mass is 10.9. The fourth-order valence-electron chi connectivity index (χ4n) is 0. The maximum Gasteiger partial charge on any atom is 0.0402 e. The molecule has 6 heteroatoms. The van der Waals surface area contributed by atoms with Gasteiger partial charge in [-0.05, 0) is 6.92 Å². The number of rotatable bonds is 0. The molecule has 52 valence electrons. The Morgan fingerprint density at radius 1 is 1.50 bits per heavy atom. The van der Waals surface area contributed by atoms with Gasteiger partial charge in [0.05, 0.1) is 0 Å². The van der Waals surface area contributed by atoms with E-state index in [1.54, 1.807) is 6.92 Å². The van der Waals surface area contributed by atoms with Crippen LogP contribution in [0.5, 0.6) is 0 Å². The van der Waals surface area contributed by atoms with Gasteiger partial charge in [0.15, 0.2) is 0 Å². The Morgan fingerprint density at radius 2 is 1.50 bits per heavy atom. The third-order valence-corrected chi connectivity index (χ3v) is 0. The van der Waals surface area contributed by atoms with Gasteiger partial charge in [0.25, 0.3) is 0 Å². The van der Waals surface area contributed by atoms with Crippen molar-refractivity contribution < 1.29 is 22.6 Å². The first kappa shape index (κ1) is 10.7. The van der Waals surface area contributed by atoms with Gasteiger partial charge in [-0.2, -0.15) is 0 Å². The minimum Gasteiger partial charge on any atom is -0.759 e. The topological polar surface area (TPSA) is 100 Å². The summed E-state index contributed by atoms with van der Waals surface area (Å²) in [6.45, 7) is 1.93. The van der Waals surface area contributed by atoms with Crippen LogP contribution in [0.4, 0.5) is 0 Å². The van der Waals surface area contributed by atoms with Crippen molar-refractivity contribution in [3.63, 3.8) is 0 Å². The van der Waals surface area contributed by atoms with Crippen LogP contribution in [0, 0.1) is 0 Å². The lowest BCUT2D eigenvalue weighted by molar-refractivity contribution is 0.318. The molecule has 0 rings (SSSR count). The van der Waals surface area contributed by atoms with Gasteiger partial charge in [0.1, 0.15) is 0 Å². The minimum absolute atomic E-state index is 0.250. The maximum absolute atomic E-state index is 8.52. The van der Waals surface area contributed by atoms with Crippen molar-refractivity contribution >= 4 is 10.4 Å². The van der Waals surface area contributed by atoms with Crippen LogP contribution in [-0.4, -0.2) is 29.2 Å². The van der Waals surface area contributed by atoms with Crippen LogP contribution < -0.4 is 0 Å². The number of aliphatic hydroxyl groups is 1. The molecule has 0 aliphatic rings. The van der Waals surface area contributed by atoms with Crippen LogP contribution in [0.3, 0.4) is 0 Å². The van der Waals surface area contributed by atoms with E-state index >= 15 is 0 Å². The van der Waals surface area contributed by atoms with Gasteiger partial charge in [-0.15, -0.1) is 0 Å². The van der Waals surface area contributed by atoms with Crippen LogP contribution >= 0.6 is 0 Å².